The number of para-hydroxylation sites is 1. The highest BCUT2D eigenvalue weighted by atomic mass is 16.5. The molecule has 0 atom stereocenters. The molecule has 0 aliphatic rings. The Morgan fingerprint density at radius 2 is 1.79 bits per heavy atom. The summed E-state index contributed by atoms with van der Waals surface area (Å²) in [4.78, 5) is 0. The average Bonchev–Trinajstić information content (AvgIpc) is 2.43. The van der Waals surface area contributed by atoms with Crippen LogP contribution in [0, 0.1) is 6.92 Å². The third kappa shape index (κ3) is 4.11. The first-order valence-electron chi connectivity index (χ1n) is 6.82. The van der Waals surface area contributed by atoms with Crippen molar-refractivity contribution >= 4 is 0 Å². The fourth-order valence-electron chi connectivity index (χ4n) is 1.95. The molecule has 0 spiro atoms. The van der Waals surface area contributed by atoms with E-state index in [1.807, 2.05) is 36.4 Å². The van der Waals surface area contributed by atoms with E-state index in [0.29, 0.717) is 0 Å². The molecule has 0 aliphatic carbocycles. The van der Waals surface area contributed by atoms with Gasteiger partial charge in [-0.3, -0.25) is 0 Å². The van der Waals surface area contributed by atoms with Crippen molar-refractivity contribution in [1.82, 2.24) is 5.32 Å². The minimum atomic E-state index is 0.874. The van der Waals surface area contributed by atoms with Crippen molar-refractivity contribution < 1.29 is 4.74 Å². The summed E-state index contributed by atoms with van der Waals surface area (Å²) in [5, 5.41) is 3.42. The van der Waals surface area contributed by atoms with Gasteiger partial charge in [0.2, 0.25) is 0 Å². The Balaban J connectivity index is 2.02. The molecule has 2 nitrogen and oxygen atoms in total. The molecule has 0 aromatic heterocycles. The van der Waals surface area contributed by atoms with Crippen molar-refractivity contribution in [3.05, 3.63) is 59.7 Å². The van der Waals surface area contributed by atoms with E-state index in [1.165, 1.54) is 11.1 Å². The van der Waals surface area contributed by atoms with Crippen LogP contribution in [0.4, 0.5) is 0 Å². The number of hydrogen-bond acceptors (Lipinski definition) is 2. The van der Waals surface area contributed by atoms with Gasteiger partial charge in [-0.05, 0) is 55.3 Å². The van der Waals surface area contributed by atoms with E-state index in [4.69, 9.17) is 4.74 Å². The fourth-order valence-corrected chi connectivity index (χ4v) is 1.95. The van der Waals surface area contributed by atoms with Crippen LogP contribution in [0.2, 0.25) is 0 Å². The van der Waals surface area contributed by atoms with E-state index in [9.17, 15) is 0 Å². The first-order chi connectivity index (χ1) is 9.29. The maximum absolute atomic E-state index is 5.82. The van der Waals surface area contributed by atoms with Crippen molar-refractivity contribution in [1.29, 1.82) is 0 Å². The van der Waals surface area contributed by atoms with Gasteiger partial charge in [0, 0.05) is 6.54 Å². The fraction of sp³-hybridized carbons (Fsp3) is 0.294. The summed E-state index contributed by atoms with van der Waals surface area (Å²) in [5.74, 6) is 1.77. The van der Waals surface area contributed by atoms with Crippen molar-refractivity contribution in [3.8, 4) is 11.5 Å². The molecule has 0 radical (unpaired) electrons. The van der Waals surface area contributed by atoms with E-state index >= 15 is 0 Å². The highest BCUT2D eigenvalue weighted by molar-refractivity contribution is 5.37. The van der Waals surface area contributed by atoms with Crippen molar-refractivity contribution in [2.75, 3.05) is 6.54 Å². The molecule has 2 aromatic carbocycles. The lowest BCUT2D eigenvalue weighted by Gasteiger charge is -2.10. The summed E-state index contributed by atoms with van der Waals surface area (Å²) >= 11 is 0. The summed E-state index contributed by atoms with van der Waals surface area (Å²) in [7, 11) is 0. The van der Waals surface area contributed by atoms with E-state index in [2.05, 4.69) is 31.3 Å². The predicted octanol–water partition coefficient (Wildman–Crippen LogP) is 4.29. The molecule has 0 heterocycles. The molecule has 0 bridgehead atoms. The van der Waals surface area contributed by atoms with Gasteiger partial charge in [-0.2, -0.15) is 0 Å². The Morgan fingerprint density at radius 3 is 2.47 bits per heavy atom. The lowest BCUT2D eigenvalue weighted by Crippen LogP contribution is -2.14. The average molecular weight is 255 g/mol. The first-order valence-corrected chi connectivity index (χ1v) is 6.82. The van der Waals surface area contributed by atoms with E-state index in [-0.39, 0.29) is 0 Å². The molecular formula is C17H21NO. The first kappa shape index (κ1) is 13.6. The summed E-state index contributed by atoms with van der Waals surface area (Å²) in [6, 6.07) is 16.1. The molecule has 0 saturated carbocycles. The molecule has 0 aliphatic heterocycles. The van der Waals surface area contributed by atoms with E-state index in [1.54, 1.807) is 0 Å². The number of ether oxygens (including phenoxy) is 1. The predicted molar refractivity (Wildman–Crippen MR) is 79.7 cm³/mol. The Labute approximate surface area is 115 Å². The quantitative estimate of drug-likeness (QED) is 0.778. The van der Waals surface area contributed by atoms with Crippen LogP contribution in [-0.4, -0.2) is 6.54 Å². The standard InChI is InChI=1S/C17H21NO/c1-3-11-18-13-15-9-10-17(12-14(15)2)19-16-7-5-4-6-8-16/h4-10,12,18H,3,11,13H2,1-2H3. The largest absolute Gasteiger partial charge is 0.457 e. The Hall–Kier alpha value is -1.80. The monoisotopic (exact) mass is 255 g/mol. The maximum atomic E-state index is 5.82. The second kappa shape index (κ2) is 6.95. The summed E-state index contributed by atoms with van der Waals surface area (Å²) in [5.41, 5.74) is 2.59. The molecule has 19 heavy (non-hydrogen) atoms. The van der Waals surface area contributed by atoms with Crippen LogP contribution in [0.15, 0.2) is 48.5 Å². The molecule has 0 amide bonds. The second-order valence-electron chi connectivity index (χ2n) is 4.68. The number of hydrogen-bond donors (Lipinski definition) is 1. The van der Waals surface area contributed by atoms with E-state index in [0.717, 1.165) is 31.0 Å². The van der Waals surface area contributed by atoms with Crippen LogP contribution in [0.1, 0.15) is 24.5 Å². The third-order valence-corrected chi connectivity index (χ3v) is 3.04. The van der Waals surface area contributed by atoms with Gasteiger partial charge in [0.15, 0.2) is 0 Å². The zero-order valence-electron chi connectivity index (χ0n) is 11.6. The van der Waals surface area contributed by atoms with Gasteiger partial charge < -0.3 is 10.1 Å². The van der Waals surface area contributed by atoms with Crippen molar-refractivity contribution in [2.45, 2.75) is 26.8 Å². The zero-order chi connectivity index (χ0) is 13.5. The van der Waals surface area contributed by atoms with Crippen LogP contribution in [0.3, 0.4) is 0 Å². The number of nitrogens with one attached hydrogen (secondary N) is 1. The Kier molecular flexibility index (Phi) is 4.99. The van der Waals surface area contributed by atoms with Gasteiger partial charge in [-0.1, -0.05) is 31.2 Å². The highest BCUT2D eigenvalue weighted by Crippen LogP contribution is 2.23. The Morgan fingerprint density at radius 1 is 1.00 bits per heavy atom. The molecule has 2 heteroatoms. The molecule has 2 aromatic rings. The topological polar surface area (TPSA) is 21.3 Å². The minimum Gasteiger partial charge on any atom is -0.457 e. The van der Waals surface area contributed by atoms with Crippen LogP contribution in [-0.2, 0) is 6.54 Å². The summed E-state index contributed by atoms with van der Waals surface area (Å²) in [6.07, 6.45) is 1.16. The smallest absolute Gasteiger partial charge is 0.127 e. The summed E-state index contributed by atoms with van der Waals surface area (Å²) in [6.45, 7) is 6.28. The number of rotatable bonds is 6. The lowest BCUT2D eigenvalue weighted by atomic mass is 10.1. The summed E-state index contributed by atoms with van der Waals surface area (Å²) < 4.78 is 5.82. The van der Waals surface area contributed by atoms with Gasteiger partial charge in [0.25, 0.3) is 0 Å². The minimum absolute atomic E-state index is 0.874. The lowest BCUT2D eigenvalue weighted by molar-refractivity contribution is 0.482. The van der Waals surface area contributed by atoms with Gasteiger partial charge in [0.1, 0.15) is 11.5 Å². The highest BCUT2D eigenvalue weighted by Gasteiger charge is 2.01. The second-order valence-corrected chi connectivity index (χ2v) is 4.68. The number of aryl methyl sites for hydroxylation is 1. The van der Waals surface area contributed by atoms with Crippen LogP contribution >= 0.6 is 0 Å². The molecule has 100 valence electrons. The SMILES string of the molecule is CCCNCc1ccc(Oc2ccccc2)cc1C. The van der Waals surface area contributed by atoms with E-state index < -0.39 is 0 Å². The van der Waals surface area contributed by atoms with Crippen LogP contribution in [0.5, 0.6) is 11.5 Å². The molecule has 0 fully saturated rings. The van der Waals surface area contributed by atoms with Crippen molar-refractivity contribution in [3.63, 3.8) is 0 Å². The third-order valence-electron chi connectivity index (χ3n) is 3.04. The van der Waals surface area contributed by atoms with Gasteiger partial charge >= 0.3 is 0 Å². The van der Waals surface area contributed by atoms with Crippen LogP contribution in [0.25, 0.3) is 0 Å². The van der Waals surface area contributed by atoms with Gasteiger partial charge in [-0.25, -0.2) is 0 Å². The molecular weight excluding hydrogens is 234 g/mol. The van der Waals surface area contributed by atoms with Crippen molar-refractivity contribution in [2.24, 2.45) is 0 Å². The maximum Gasteiger partial charge on any atom is 0.127 e. The van der Waals surface area contributed by atoms with Gasteiger partial charge in [0.05, 0.1) is 0 Å². The molecule has 2 rings (SSSR count). The van der Waals surface area contributed by atoms with Gasteiger partial charge in [-0.15, -0.1) is 0 Å². The molecule has 0 saturated heterocycles. The molecule has 0 unspecified atom stereocenters. The normalized spacial score (nSPS) is 10.4. The zero-order valence-corrected chi connectivity index (χ0v) is 11.6. The Bertz CT molecular complexity index is 508. The van der Waals surface area contributed by atoms with Crippen LogP contribution < -0.4 is 10.1 Å². The molecule has 1 N–H and O–H groups in total. The number of benzene rings is 2.